The first-order chi connectivity index (χ1) is 19.6. The molecular weight excluding hydrogens is 482 g/mol. The van der Waals surface area contributed by atoms with Gasteiger partial charge in [-0.2, -0.15) is 0 Å². The van der Waals surface area contributed by atoms with E-state index in [1.54, 1.807) is 0 Å². The smallest absolute Gasteiger partial charge is 0.0468 e. The van der Waals surface area contributed by atoms with Crippen molar-refractivity contribution in [1.82, 2.24) is 0 Å². The van der Waals surface area contributed by atoms with Crippen LogP contribution < -0.4 is 4.90 Å². The van der Waals surface area contributed by atoms with Gasteiger partial charge in [-0.15, -0.1) is 0 Å². The fourth-order valence-electron chi connectivity index (χ4n) is 6.72. The van der Waals surface area contributed by atoms with Gasteiger partial charge in [-0.3, -0.25) is 0 Å². The van der Waals surface area contributed by atoms with E-state index < -0.39 is 0 Å². The largest absolute Gasteiger partial charge is 0.310 e. The van der Waals surface area contributed by atoms with Crippen LogP contribution in [0.15, 0.2) is 140 Å². The molecule has 40 heavy (non-hydrogen) atoms. The number of rotatable bonds is 4. The van der Waals surface area contributed by atoms with Crippen molar-refractivity contribution in [3.8, 4) is 11.1 Å². The third kappa shape index (κ3) is 3.41. The number of nitrogens with zero attached hydrogens (tertiary/aromatic N) is 1. The third-order valence-electron chi connectivity index (χ3n) is 8.75. The van der Waals surface area contributed by atoms with Gasteiger partial charge < -0.3 is 4.90 Å². The van der Waals surface area contributed by atoms with Gasteiger partial charge in [-0.05, 0) is 109 Å². The Morgan fingerprint density at radius 2 is 1.00 bits per heavy atom. The summed E-state index contributed by atoms with van der Waals surface area (Å²) in [5.74, 6) is 0. The topological polar surface area (TPSA) is 3.24 Å². The maximum absolute atomic E-state index is 2.43. The Hall–Kier alpha value is -4.88. The fraction of sp³-hybridized carbons (Fsp3) is 0.0769. The first-order valence-electron chi connectivity index (χ1n) is 14.0. The SMILES string of the molecule is CC1(C)c2cccc3ccc4cc(-c5ccc6cc(N(c7ccccc7)c7ccccc7)ccc6c5)cc1c4c23. The van der Waals surface area contributed by atoms with E-state index in [1.165, 1.54) is 54.6 Å². The molecule has 0 amide bonds. The predicted octanol–water partition coefficient (Wildman–Crippen LogP) is 10.9. The Morgan fingerprint density at radius 1 is 0.400 bits per heavy atom. The van der Waals surface area contributed by atoms with Crippen molar-refractivity contribution in [3.63, 3.8) is 0 Å². The molecule has 0 N–H and O–H groups in total. The molecule has 0 heterocycles. The normalized spacial score (nSPS) is 13.4. The molecule has 0 radical (unpaired) electrons. The summed E-state index contributed by atoms with van der Waals surface area (Å²) in [7, 11) is 0. The van der Waals surface area contributed by atoms with Crippen LogP contribution in [0.3, 0.4) is 0 Å². The molecule has 0 unspecified atom stereocenters. The monoisotopic (exact) mass is 511 g/mol. The van der Waals surface area contributed by atoms with E-state index in [4.69, 9.17) is 0 Å². The zero-order chi connectivity index (χ0) is 26.8. The Morgan fingerprint density at radius 3 is 1.75 bits per heavy atom. The van der Waals surface area contributed by atoms with E-state index in [1.807, 2.05) is 0 Å². The molecule has 0 saturated carbocycles. The molecule has 0 atom stereocenters. The lowest BCUT2D eigenvalue weighted by Gasteiger charge is -2.25. The first-order valence-corrected chi connectivity index (χ1v) is 14.0. The second-order valence-corrected chi connectivity index (χ2v) is 11.5. The molecule has 0 fully saturated rings. The highest BCUT2D eigenvalue weighted by Gasteiger charge is 2.34. The highest BCUT2D eigenvalue weighted by atomic mass is 15.1. The van der Waals surface area contributed by atoms with E-state index in [0.717, 1.165) is 17.1 Å². The van der Waals surface area contributed by atoms with E-state index in [0.29, 0.717) is 0 Å². The van der Waals surface area contributed by atoms with E-state index >= 15 is 0 Å². The molecule has 1 heteroatoms. The van der Waals surface area contributed by atoms with Crippen molar-refractivity contribution in [3.05, 3.63) is 151 Å². The molecule has 7 aromatic carbocycles. The quantitative estimate of drug-likeness (QED) is 0.212. The Bertz CT molecular complexity index is 2030. The van der Waals surface area contributed by atoms with Gasteiger partial charge in [-0.1, -0.05) is 98.8 Å². The maximum atomic E-state index is 2.43. The van der Waals surface area contributed by atoms with Crippen molar-refractivity contribution < 1.29 is 0 Å². The van der Waals surface area contributed by atoms with Crippen LogP contribution in [0.1, 0.15) is 25.0 Å². The molecule has 1 aliphatic carbocycles. The molecular formula is C39H29N. The van der Waals surface area contributed by atoms with Crippen molar-refractivity contribution in [1.29, 1.82) is 0 Å². The van der Waals surface area contributed by atoms with Crippen LogP contribution in [0.25, 0.3) is 43.4 Å². The van der Waals surface area contributed by atoms with Crippen LogP contribution in [0, 0.1) is 0 Å². The average molecular weight is 512 g/mol. The lowest BCUT2D eigenvalue weighted by atomic mass is 9.81. The number of hydrogen-bond acceptors (Lipinski definition) is 1. The molecule has 0 aliphatic heterocycles. The van der Waals surface area contributed by atoms with Crippen molar-refractivity contribution in [2.45, 2.75) is 19.3 Å². The molecule has 0 saturated heterocycles. The summed E-state index contributed by atoms with van der Waals surface area (Å²) in [5, 5.41) is 8.00. The highest BCUT2D eigenvalue weighted by molar-refractivity contribution is 6.15. The molecule has 1 aliphatic rings. The number of anilines is 3. The van der Waals surface area contributed by atoms with Gasteiger partial charge in [0.25, 0.3) is 0 Å². The van der Waals surface area contributed by atoms with Gasteiger partial charge in [0.15, 0.2) is 0 Å². The average Bonchev–Trinajstić information content (AvgIpc) is 3.24. The molecule has 0 spiro atoms. The van der Waals surface area contributed by atoms with Gasteiger partial charge in [-0.25, -0.2) is 0 Å². The minimum Gasteiger partial charge on any atom is -0.310 e. The number of hydrogen-bond donors (Lipinski definition) is 0. The summed E-state index contributed by atoms with van der Waals surface area (Å²) in [5.41, 5.74) is 8.85. The Kier molecular flexibility index (Phi) is 4.93. The summed E-state index contributed by atoms with van der Waals surface area (Å²) >= 11 is 0. The van der Waals surface area contributed by atoms with Gasteiger partial charge in [0, 0.05) is 22.5 Å². The van der Waals surface area contributed by atoms with Crippen LogP contribution in [-0.4, -0.2) is 0 Å². The summed E-state index contributed by atoms with van der Waals surface area (Å²) in [6, 6.07) is 51.0. The van der Waals surface area contributed by atoms with Crippen LogP contribution in [-0.2, 0) is 5.41 Å². The predicted molar refractivity (Wildman–Crippen MR) is 171 cm³/mol. The van der Waals surface area contributed by atoms with Gasteiger partial charge in [0.2, 0.25) is 0 Å². The lowest BCUT2D eigenvalue weighted by Crippen LogP contribution is -2.15. The van der Waals surface area contributed by atoms with Crippen molar-refractivity contribution in [2.75, 3.05) is 4.90 Å². The number of para-hydroxylation sites is 2. The van der Waals surface area contributed by atoms with Crippen LogP contribution in [0.4, 0.5) is 17.1 Å². The molecule has 7 aromatic rings. The first kappa shape index (κ1) is 23.0. The lowest BCUT2D eigenvalue weighted by molar-refractivity contribution is 0.663. The zero-order valence-electron chi connectivity index (χ0n) is 22.7. The van der Waals surface area contributed by atoms with Crippen molar-refractivity contribution in [2.24, 2.45) is 0 Å². The fourth-order valence-corrected chi connectivity index (χ4v) is 6.72. The summed E-state index contributed by atoms with van der Waals surface area (Å²) in [4.78, 5) is 2.32. The van der Waals surface area contributed by atoms with Crippen LogP contribution in [0.2, 0.25) is 0 Å². The summed E-state index contributed by atoms with van der Waals surface area (Å²) < 4.78 is 0. The summed E-state index contributed by atoms with van der Waals surface area (Å²) in [6.45, 7) is 4.74. The Labute approximate surface area is 234 Å². The Balaban J connectivity index is 1.24. The second kappa shape index (κ2) is 8.56. The molecule has 0 aromatic heterocycles. The molecule has 0 bridgehead atoms. The molecule has 1 nitrogen and oxygen atoms in total. The minimum atomic E-state index is -0.0124. The van der Waals surface area contributed by atoms with Crippen LogP contribution >= 0.6 is 0 Å². The van der Waals surface area contributed by atoms with Crippen LogP contribution in [0.5, 0.6) is 0 Å². The standard InChI is InChI=1S/C39H29N/c1-39(2)35-15-9-10-26-16-19-30-23-31(25-36(39)38(30)37(26)35)28-17-18-29-24-34(21-20-27(29)22-28)40(32-11-5-3-6-12-32)33-13-7-4-8-14-33/h3-25H,1-2H3. The van der Waals surface area contributed by atoms with Gasteiger partial charge >= 0.3 is 0 Å². The van der Waals surface area contributed by atoms with Crippen molar-refractivity contribution >= 4 is 49.4 Å². The van der Waals surface area contributed by atoms with E-state index in [2.05, 4.69) is 158 Å². The zero-order valence-corrected chi connectivity index (χ0v) is 22.7. The highest BCUT2D eigenvalue weighted by Crippen LogP contribution is 2.50. The third-order valence-corrected chi connectivity index (χ3v) is 8.75. The molecule has 190 valence electrons. The molecule has 8 rings (SSSR count). The summed E-state index contributed by atoms with van der Waals surface area (Å²) in [6.07, 6.45) is 0. The van der Waals surface area contributed by atoms with Gasteiger partial charge in [0.1, 0.15) is 0 Å². The minimum absolute atomic E-state index is 0.0124. The number of benzene rings is 7. The number of fused-ring (bicyclic) bond motifs is 1. The second-order valence-electron chi connectivity index (χ2n) is 11.5. The van der Waals surface area contributed by atoms with Gasteiger partial charge in [0.05, 0.1) is 0 Å². The van der Waals surface area contributed by atoms with E-state index in [-0.39, 0.29) is 5.41 Å². The maximum Gasteiger partial charge on any atom is 0.0468 e. The van der Waals surface area contributed by atoms with E-state index in [9.17, 15) is 0 Å².